The molecule has 9 nitrogen and oxygen atoms in total. The van der Waals surface area contributed by atoms with E-state index >= 15 is 0 Å². The number of fused-ring (bicyclic) bond motifs is 2. The van der Waals surface area contributed by atoms with Gasteiger partial charge in [0.05, 0.1) is 16.9 Å². The predicted molar refractivity (Wildman–Crippen MR) is 248 cm³/mol. The van der Waals surface area contributed by atoms with Crippen molar-refractivity contribution in [1.82, 2.24) is 20.2 Å². The van der Waals surface area contributed by atoms with Gasteiger partial charge in [0.15, 0.2) is 5.71 Å². The van der Waals surface area contributed by atoms with Crippen molar-refractivity contribution in [1.29, 1.82) is 0 Å². The number of hydrogen-bond donors (Lipinski definition) is 1. The zero-order valence-electron chi connectivity index (χ0n) is 34.5. The van der Waals surface area contributed by atoms with Crippen molar-refractivity contribution in [3.05, 3.63) is 133 Å². The lowest BCUT2D eigenvalue weighted by Gasteiger charge is -2.27. The van der Waals surface area contributed by atoms with Crippen LogP contribution < -0.4 is 4.90 Å². The van der Waals surface area contributed by atoms with Gasteiger partial charge in [-0.1, -0.05) is 89.4 Å². The molecule has 7 rings (SSSR count). The summed E-state index contributed by atoms with van der Waals surface area (Å²) in [5.74, 6) is -0.249. The molecule has 4 aromatic rings. The molecule has 0 radical (unpaired) electrons. The normalized spacial score (nSPS) is 18.8. The average Bonchev–Trinajstić information content (AvgIpc) is 3.81. The molecule has 0 spiro atoms. The van der Waals surface area contributed by atoms with Gasteiger partial charge >= 0.3 is 0 Å². The van der Waals surface area contributed by atoms with Crippen LogP contribution in [0.5, 0.6) is 0 Å². The SMILES string of the molecule is CCCCC[N+]1=C(/C=C/C2=C(Sc3nnnn3-c3ccccc3)C(=C/C=C3/N(CCCCS(=O)(=O)O)c4ccc(Br)cc4C3(C)C)/CCC2)C(C)(C)c2cc(Br)ccc21. The fraction of sp³-hybridized carbons (Fsp3) is 0.391. The monoisotopic (exact) mass is 959 g/mol. The molecule has 59 heavy (non-hydrogen) atoms. The first-order valence-corrected chi connectivity index (χ1v) is 24.5. The van der Waals surface area contributed by atoms with Crippen molar-refractivity contribution in [2.24, 2.45) is 0 Å². The van der Waals surface area contributed by atoms with Crippen molar-refractivity contribution >= 4 is 70.8 Å². The highest BCUT2D eigenvalue weighted by atomic mass is 79.9. The van der Waals surface area contributed by atoms with E-state index in [4.69, 9.17) is 0 Å². The lowest BCUT2D eigenvalue weighted by atomic mass is 9.81. The van der Waals surface area contributed by atoms with Crippen molar-refractivity contribution in [2.75, 3.05) is 23.7 Å². The standard InChI is InChI=1S/C46H52Br2N6O3S2/c1-6-7-11-27-52-39-23-21-34(47)30-37(39)45(2,3)41(52)25-19-32-15-14-16-33(43(32)58-44-49-50-51-54(44)36-17-9-8-10-18-36)20-26-42-46(4,5)38-31-35(48)22-24-40(38)53(42)28-12-13-29-59(55,56)57/h8-10,17-26,30-31H,6-7,11-16,27-29H2,1-5H3/p+1. The summed E-state index contributed by atoms with van der Waals surface area (Å²) in [6.07, 6.45) is 16.6. The quantitative estimate of drug-likeness (QED) is 0.0714. The average molecular weight is 962 g/mol. The van der Waals surface area contributed by atoms with Gasteiger partial charge in [-0.2, -0.15) is 17.7 Å². The fourth-order valence-corrected chi connectivity index (χ4v) is 11.0. The van der Waals surface area contributed by atoms with Crippen molar-refractivity contribution in [3.8, 4) is 5.69 Å². The molecule has 3 heterocycles. The molecule has 0 saturated carbocycles. The number of tetrazole rings is 1. The van der Waals surface area contributed by atoms with Crippen LogP contribution >= 0.6 is 43.6 Å². The summed E-state index contributed by atoms with van der Waals surface area (Å²) in [6.45, 7) is 13.0. The Labute approximate surface area is 370 Å². The Hall–Kier alpha value is -3.62. The van der Waals surface area contributed by atoms with Crippen LogP contribution in [-0.2, 0) is 20.9 Å². The van der Waals surface area contributed by atoms with Crippen molar-refractivity contribution in [2.45, 2.75) is 102 Å². The number of unbranched alkanes of at least 4 members (excludes halogenated alkanes) is 3. The number of allylic oxidation sites excluding steroid dienone is 7. The van der Waals surface area contributed by atoms with Gasteiger partial charge in [0, 0.05) is 61.3 Å². The molecular formula is C46H53Br2N6O3S2+. The van der Waals surface area contributed by atoms with Gasteiger partial charge in [-0.3, -0.25) is 4.55 Å². The molecule has 0 unspecified atom stereocenters. The number of aromatic nitrogens is 4. The summed E-state index contributed by atoms with van der Waals surface area (Å²) in [5, 5.41) is 13.8. The minimum atomic E-state index is -4.03. The van der Waals surface area contributed by atoms with E-state index in [2.05, 4.69) is 152 Å². The van der Waals surface area contributed by atoms with Crippen LogP contribution in [0, 0.1) is 0 Å². The van der Waals surface area contributed by atoms with Gasteiger partial charge in [0.2, 0.25) is 10.8 Å². The van der Waals surface area contributed by atoms with E-state index in [0.29, 0.717) is 24.5 Å². The van der Waals surface area contributed by atoms with Crippen LogP contribution in [0.4, 0.5) is 11.4 Å². The molecule has 0 atom stereocenters. The first-order chi connectivity index (χ1) is 28.2. The van der Waals surface area contributed by atoms with E-state index < -0.39 is 10.1 Å². The van der Waals surface area contributed by atoms with Gasteiger partial charge in [0.1, 0.15) is 6.54 Å². The van der Waals surface area contributed by atoms with Crippen molar-refractivity contribution < 1.29 is 17.5 Å². The molecule has 0 bridgehead atoms. The number of thioether (sulfide) groups is 1. The maximum absolute atomic E-state index is 11.6. The lowest BCUT2D eigenvalue weighted by molar-refractivity contribution is -0.438. The Morgan fingerprint density at radius 1 is 0.881 bits per heavy atom. The molecule has 13 heteroatoms. The predicted octanol–water partition coefficient (Wildman–Crippen LogP) is 11.8. The van der Waals surface area contributed by atoms with E-state index in [-0.39, 0.29) is 16.6 Å². The third kappa shape index (κ3) is 9.49. The Morgan fingerprint density at radius 3 is 2.37 bits per heavy atom. The largest absolute Gasteiger partial charge is 0.344 e. The summed E-state index contributed by atoms with van der Waals surface area (Å²) in [5.41, 5.74) is 10.2. The topological polar surface area (TPSA) is 104 Å². The highest BCUT2D eigenvalue weighted by molar-refractivity contribution is 9.10. The van der Waals surface area contributed by atoms with Crippen LogP contribution in [0.1, 0.15) is 97.1 Å². The van der Waals surface area contributed by atoms with Gasteiger partial charge in [-0.15, -0.1) is 5.10 Å². The molecule has 3 aliphatic rings. The van der Waals surface area contributed by atoms with Gasteiger partial charge in [0.25, 0.3) is 10.1 Å². The van der Waals surface area contributed by atoms with Crippen LogP contribution in [0.25, 0.3) is 5.69 Å². The second kappa shape index (κ2) is 18.2. The summed E-state index contributed by atoms with van der Waals surface area (Å²) >= 11 is 9.07. The number of anilines is 1. The van der Waals surface area contributed by atoms with Crippen LogP contribution in [0.15, 0.2) is 127 Å². The molecule has 1 N–H and O–H groups in total. The number of benzene rings is 3. The number of halogens is 2. The summed E-state index contributed by atoms with van der Waals surface area (Å²) in [6, 6.07) is 23.1. The molecule has 0 fully saturated rings. The smallest absolute Gasteiger partial charge is 0.264 e. The fourth-order valence-electron chi connectivity index (χ4n) is 8.63. The third-order valence-corrected chi connectivity index (χ3v) is 14.7. The van der Waals surface area contributed by atoms with Crippen molar-refractivity contribution in [3.63, 3.8) is 0 Å². The summed E-state index contributed by atoms with van der Waals surface area (Å²) in [4.78, 5) is 3.47. The highest BCUT2D eigenvalue weighted by Gasteiger charge is 2.44. The van der Waals surface area contributed by atoms with E-state index in [1.54, 1.807) is 11.8 Å². The number of para-hydroxylation sites is 1. The Kier molecular flexibility index (Phi) is 13.4. The second-order valence-electron chi connectivity index (χ2n) is 16.6. The van der Waals surface area contributed by atoms with Gasteiger partial charge < -0.3 is 4.90 Å². The molecule has 2 aliphatic heterocycles. The molecule has 3 aromatic carbocycles. The Bertz CT molecular complexity index is 2490. The van der Waals surface area contributed by atoms with Crippen LogP contribution in [0.2, 0.25) is 0 Å². The summed E-state index contributed by atoms with van der Waals surface area (Å²) in [7, 11) is -4.03. The van der Waals surface area contributed by atoms with E-state index in [0.717, 1.165) is 63.2 Å². The summed E-state index contributed by atoms with van der Waals surface area (Å²) < 4.78 is 39.0. The lowest BCUT2D eigenvalue weighted by Crippen LogP contribution is -2.28. The molecule has 1 aliphatic carbocycles. The minimum Gasteiger partial charge on any atom is -0.344 e. The van der Waals surface area contributed by atoms with Gasteiger partial charge in [-0.25, -0.2) is 0 Å². The van der Waals surface area contributed by atoms with E-state index in [1.165, 1.54) is 46.5 Å². The Balaban J connectivity index is 1.33. The molecule has 310 valence electrons. The maximum Gasteiger partial charge on any atom is 0.264 e. The molecular weight excluding hydrogens is 908 g/mol. The third-order valence-electron chi connectivity index (χ3n) is 11.7. The number of rotatable bonds is 15. The van der Waals surface area contributed by atoms with Gasteiger partial charge in [-0.05, 0) is 140 Å². The second-order valence-corrected chi connectivity index (χ2v) is 20.9. The minimum absolute atomic E-state index is 0.187. The highest BCUT2D eigenvalue weighted by Crippen LogP contribution is 2.50. The Morgan fingerprint density at radius 2 is 1.63 bits per heavy atom. The molecule has 0 amide bonds. The number of nitrogens with zero attached hydrogens (tertiary/aromatic N) is 6. The van der Waals surface area contributed by atoms with Crippen LogP contribution in [-0.4, -0.2) is 62.3 Å². The first-order valence-electron chi connectivity index (χ1n) is 20.5. The first kappa shape index (κ1) is 43.5. The van der Waals surface area contributed by atoms with E-state index in [9.17, 15) is 13.0 Å². The maximum atomic E-state index is 11.6. The van der Waals surface area contributed by atoms with E-state index in [1.807, 2.05) is 35.0 Å². The molecule has 1 aromatic heterocycles. The number of hydrogen-bond acceptors (Lipinski definition) is 7. The molecule has 0 saturated heterocycles. The zero-order chi connectivity index (χ0) is 42.0. The zero-order valence-corrected chi connectivity index (χ0v) is 39.3. The van der Waals surface area contributed by atoms with Crippen LogP contribution in [0.3, 0.4) is 0 Å².